The van der Waals surface area contributed by atoms with Crippen LogP contribution in [0.25, 0.3) is 0 Å². The second-order valence-corrected chi connectivity index (χ2v) is 18.2. The summed E-state index contributed by atoms with van der Waals surface area (Å²) in [6.07, 6.45) is 2.20. The number of carbonyl (C=O) groups excluding carboxylic acids is 1. The Kier molecular flexibility index (Phi) is 10.4. The van der Waals surface area contributed by atoms with Crippen LogP contribution in [0.3, 0.4) is 0 Å². The van der Waals surface area contributed by atoms with Gasteiger partial charge in [-0.25, -0.2) is 0 Å². The van der Waals surface area contributed by atoms with E-state index in [0.717, 1.165) is 6.29 Å². The molecule has 0 rings (SSSR count). The first kappa shape index (κ1) is 24.7. The largest absolute Gasteiger partial charge is 0.411 e. The highest BCUT2D eigenvalue weighted by Gasteiger charge is 2.37. The van der Waals surface area contributed by atoms with Crippen molar-refractivity contribution in [3.05, 3.63) is 0 Å². The monoisotopic (exact) mass is 363 g/mol. The van der Waals surface area contributed by atoms with Gasteiger partial charge >= 0.3 is 0 Å². The number of carbonyl (C=O) groups is 1. The maximum absolute atomic E-state index is 10.1. The first-order valence-corrected chi connectivity index (χ1v) is 13.8. The van der Waals surface area contributed by atoms with Crippen LogP contribution in [0.4, 0.5) is 0 Å². The molecule has 0 atom stereocenters. The minimum atomic E-state index is -1.66. The van der Waals surface area contributed by atoms with Crippen LogP contribution in [0.1, 0.15) is 41.5 Å². The van der Waals surface area contributed by atoms with Gasteiger partial charge in [0.2, 0.25) is 0 Å². The van der Waals surface area contributed by atoms with Crippen LogP contribution >= 0.6 is 0 Å². The predicted octanol–water partition coefficient (Wildman–Crippen LogP) is 4.68. The molecule has 0 amide bonds. The van der Waals surface area contributed by atoms with E-state index in [-0.39, 0.29) is 16.7 Å². The number of nitrogens with zero attached hydrogens (tertiary/aromatic N) is 1. The van der Waals surface area contributed by atoms with Crippen LogP contribution in [0.5, 0.6) is 0 Å². The second-order valence-electron chi connectivity index (χ2n) is 8.61. The van der Waals surface area contributed by atoms with E-state index in [0.29, 0.717) is 6.61 Å². The van der Waals surface area contributed by atoms with Crippen LogP contribution in [0.2, 0.25) is 36.3 Å². The lowest BCUT2D eigenvalue weighted by Crippen LogP contribution is -2.41. The minimum Gasteiger partial charge on any atom is -0.411 e. The molecule has 0 aliphatic heterocycles. The molecule has 0 radical (unpaired) electrons. The fourth-order valence-electron chi connectivity index (χ4n) is 0.954. The quantitative estimate of drug-likeness (QED) is 0.245. The van der Waals surface area contributed by atoms with Gasteiger partial charge in [0.15, 0.2) is 16.6 Å². The third kappa shape index (κ3) is 10.1. The summed E-state index contributed by atoms with van der Waals surface area (Å²) < 4.78 is 11.2. The molecule has 0 heterocycles. The zero-order valence-corrected chi connectivity index (χ0v) is 18.7. The fourth-order valence-corrected chi connectivity index (χ4v) is 2.80. The van der Waals surface area contributed by atoms with Crippen LogP contribution in [0, 0.1) is 0 Å². The van der Waals surface area contributed by atoms with Crippen molar-refractivity contribution in [2.24, 2.45) is 5.16 Å². The van der Waals surface area contributed by atoms with E-state index in [1.54, 1.807) is 0 Å². The van der Waals surface area contributed by atoms with E-state index in [2.05, 4.69) is 72.9 Å². The first-order chi connectivity index (χ1) is 10.1. The molecule has 0 spiro atoms. The van der Waals surface area contributed by atoms with E-state index in [9.17, 15) is 4.79 Å². The zero-order chi connectivity index (χ0) is 18.9. The zero-order valence-electron chi connectivity index (χ0n) is 16.7. The normalized spacial score (nSPS) is 13.7. The summed E-state index contributed by atoms with van der Waals surface area (Å²) in [5, 5.41) is 11.5. The van der Waals surface area contributed by atoms with Crippen molar-refractivity contribution in [1.29, 1.82) is 0 Å². The molecule has 0 aromatic carbocycles. The smallest absolute Gasteiger partial charge is 0.192 e. The minimum absolute atomic E-state index is 0.204. The molecule has 7 heteroatoms. The van der Waals surface area contributed by atoms with Crippen molar-refractivity contribution in [3.63, 3.8) is 0 Å². The average molecular weight is 364 g/mol. The van der Waals surface area contributed by atoms with Gasteiger partial charge in [0.25, 0.3) is 0 Å². The summed E-state index contributed by atoms with van der Waals surface area (Å²) in [6.45, 7) is 22.3. The van der Waals surface area contributed by atoms with Gasteiger partial charge in [-0.05, 0) is 36.3 Å². The van der Waals surface area contributed by atoms with Crippen molar-refractivity contribution < 1.29 is 18.9 Å². The van der Waals surface area contributed by atoms with Crippen molar-refractivity contribution in [1.82, 2.24) is 0 Å². The third-order valence-corrected chi connectivity index (χ3v) is 13.7. The molecule has 0 fully saturated rings. The van der Waals surface area contributed by atoms with Gasteiger partial charge in [0.1, 0.15) is 6.29 Å². The number of oxime groups is 1. The van der Waals surface area contributed by atoms with Gasteiger partial charge in [-0.2, -0.15) is 0 Å². The SMILES string of the molecule is CC(C)(C)[Si](C)(C)OC/C=N/O.CC(C)(C)[Si](C)(C)OCC=O. The first-order valence-electron chi connectivity index (χ1n) is 8.00. The van der Waals surface area contributed by atoms with E-state index in [1.165, 1.54) is 6.21 Å². The summed E-state index contributed by atoms with van der Waals surface area (Å²) in [6, 6.07) is 0. The predicted molar refractivity (Wildman–Crippen MR) is 103 cm³/mol. The highest BCUT2D eigenvalue weighted by molar-refractivity contribution is 6.74. The highest BCUT2D eigenvalue weighted by Crippen LogP contribution is 2.36. The molecule has 1 N–H and O–H groups in total. The summed E-state index contributed by atoms with van der Waals surface area (Å²) in [7, 11) is -3.30. The Balaban J connectivity index is 0. The molecule has 0 aliphatic carbocycles. The van der Waals surface area contributed by atoms with Crippen molar-refractivity contribution in [2.45, 2.75) is 77.8 Å². The van der Waals surface area contributed by atoms with E-state index >= 15 is 0 Å². The Bertz CT molecular complexity index is 369. The number of aldehydes is 1. The van der Waals surface area contributed by atoms with Gasteiger partial charge < -0.3 is 18.9 Å². The molecule has 5 nitrogen and oxygen atoms in total. The molecule has 0 aromatic rings. The van der Waals surface area contributed by atoms with Crippen LogP contribution in [0.15, 0.2) is 5.16 Å². The molecule has 0 aromatic heterocycles. The third-order valence-electron chi connectivity index (χ3n) is 4.72. The number of rotatable bonds is 6. The van der Waals surface area contributed by atoms with Gasteiger partial charge in [-0.3, -0.25) is 0 Å². The summed E-state index contributed by atoms with van der Waals surface area (Å²) in [5.41, 5.74) is 0. The molecule has 0 saturated heterocycles. The fraction of sp³-hybridized carbons (Fsp3) is 0.875. The van der Waals surface area contributed by atoms with E-state index < -0.39 is 16.6 Å². The summed E-state index contributed by atoms with van der Waals surface area (Å²) in [5.74, 6) is 0. The molecule has 0 aliphatic rings. The molecule has 138 valence electrons. The molecule has 0 saturated carbocycles. The summed E-state index contributed by atoms with van der Waals surface area (Å²) in [4.78, 5) is 10.1. The average Bonchev–Trinajstić information content (AvgIpc) is 2.34. The summed E-state index contributed by atoms with van der Waals surface area (Å²) >= 11 is 0. The molecular weight excluding hydrogens is 326 g/mol. The lowest BCUT2D eigenvalue weighted by atomic mass is 10.2. The second kappa shape index (κ2) is 9.71. The van der Waals surface area contributed by atoms with Gasteiger partial charge in [0, 0.05) is 0 Å². The topological polar surface area (TPSA) is 68.1 Å². The standard InChI is InChI=1S/C8H19NO2Si.C8H18O2Si/c1-8(2,3)12(4,5)11-7-6-9-10;1-8(2,3)11(4,5)10-7-6-9/h6,10H,7H2,1-5H3;6H,7H2,1-5H3/b9-6+;. The van der Waals surface area contributed by atoms with Crippen molar-refractivity contribution in [3.8, 4) is 0 Å². The van der Waals surface area contributed by atoms with Crippen molar-refractivity contribution >= 4 is 29.1 Å². The van der Waals surface area contributed by atoms with Crippen LogP contribution in [-0.4, -0.2) is 47.6 Å². The Morgan fingerprint density at radius 3 is 1.48 bits per heavy atom. The maximum atomic E-state index is 10.1. The Labute approximate surface area is 144 Å². The Morgan fingerprint density at radius 1 is 0.870 bits per heavy atom. The molecular formula is C16H37NO4Si2. The van der Waals surface area contributed by atoms with Gasteiger partial charge in [-0.15, -0.1) is 0 Å². The lowest BCUT2D eigenvalue weighted by molar-refractivity contribution is -0.109. The van der Waals surface area contributed by atoms with Crippen LogP contribution in [-0.2, 0) is 13.6 Å². The van der Waals surface area contributed by atoms with Crippen LogP contribution < -0.4 is 0 Å². The Hall–Kier alpha value is -0.506. The Morgan fingerprint density at radius 2 is 1.22 bits per heavy atom. The molecule has 0 bridgehead atoms. The molecule has 23 heavy (non-hydrogen) atoms. The van der Waals surface area contributed by atoms with E-state index in [4.69, 9.17) is 14.1 Å². The number of hydrogen-bond donors (Lipinski definition) is 1. The van der Waals surface area contributed by atoms with Gasteiger partial charge in [0.05, 0.1) is 19.4 Å². The number of hydrogen-bond acceptors (Lipinski definition) is 5. The van der Waals surface area contributed by atoms with E-state index in [1.807, 2.05) is 0 Å². The maximum Gasteiger partial charge on any atom is 0.192 e. The highest BCUT2D eigenvalue weighted by atomic mass is 28.4. The molecule has 0 unspecified atom stereocenters. The van der Waals surface area contributed by atoms with Gasteiger partial charge in [-0.1, -0.05) is 46.7 Å². The van der Waals surface area contributed by atoms with Crippen molar-refractivity contribution in [2.75, 3.05) is 13.2 Å². The lowest BCUT2D eigenvalue weighted by Gasteiger charge is -2.35.